The molecule has 0 saturated heterocycles. The van der Waals surface area contributed by atoms with Crippen molar-refractivity contribution < 1.29 is 23.8 Å². The van der Waals surface area contributed by atoms with Crippen LogP contribution in [0, 0.1) is 0 Å². The molecule has 0 saturated carbocycles. The van der Waals surface area contributed by atoms with E-state index in [4.69, 9.17) is 14.2 Å². The maximum atomic E-state index is 12.1. The molecule has 6 nitrogen and oxygen atoms in total. The Hall–Kier alpha value is -2.08. The van der Waals surface area contributed by atoms with Crippen LogP contribution in [-0.2, 0) is 19.0 Å². The summed E-state index contributed by atoms with van der Waals surface area (Å²) in [5.74, 6) is -0.535. The third kappa shape index (κ3) is 16.2. The Balaban J connectivity index is 1.94. The van der Waals surface area contributed by atoms with E-state index in [1.165, 1.54) is 44.9 Å². The van der Waals surface area contributed by atoms with Crippen molar-refractivity contribution in [2.45, 2.75) is 90.9 Å². The zero-order valence-electron chi connectivity index (χ0n) is 20.9. The van der Waals surface area contributed by atoms with Gasteiger partial charge >= 0.3 is 11.9 Å². The van der Waals surface area contributed by atoms with Crippen molar-refractivity contribution in [3.63, 3.8) is 0 Å². The molecular weight excluding hydrogens is 418 g/mol. The first-order valence-corrected chi connectivity index (χ1v) is 12.9. The van der Waals surface area contributed by atoms with Gasteiger partial charge in [-0.05, 0) is 37.1 Å². The molecule has 6 heteroatoms. The van der Waals surface area contributed by atoms with Crippen LogP contribution >= 0.6 is 0 Å². The quantitative estimate of drug-likeness (QED) is 0.165. The maximum Gasteiger partial charge on any atom is 0.338 e. The number of hydrogen-bond acceptors (Lipinski definition) is 6. The Morgan fingerprint density at radius 1 is 0.697 bits per heavy atom. The second-order valence-corrected chi connectivity index (χ2v) is 8.40. The summed E-state index contributed by atoms with van der Waals surface area (Å²) in [6.45, 7) is 6.29. The van der Waals surface area contributed by atoms with Crippen LogP contribution in [0.4, 0.5) is 5.69 Å². The zero-order chi connectivity index (χ0) is 24.0. The maximum absolute atomic E-state index is 12.1. The lowest BCUT2D eigenvalue weighted by Gasteiger charge is -2.08. The molecule has 33 heavy (non-hydrogen) atoms. The molecule has 0 amide bonds. The predicted octanol–water partition coefficient (Wildman–Crippen LogP) is 6.54. The van der Waals surface area contributed by atoms with Gasteiger partial charge in [0, 0.05) is 18.7 Å². The van der Waals surface area contributed by atoms with Gasteiger partial charge in [0.15, 0.2) is 0 Å². The fourth-order valence-electron chi connectivity index (χ4n) is 3.38. The summed E-state index contributed by atoms with van der Waals surface area (Å²) in [7, 11) is 0. The van der Waals surface area contributed by atoms with E-state index in [0.29, 0.717) is 18.6 Å². The molecular formula is C27H45NO5. The van der Waals surface area contributed by atoms with Crippen LogP contribution in [-0.4, -0.2) is 44.9 Å². The van der Waals surface area contributed by atoms with Crippen LogP contribution in [0.1, 0.15) is 101 Å². The molecule has 0 aliphatic rings. The minimum atomic E-state index is -0.369. The summed E-state index contributed by atoms with van der Waals surface area (Å²) in [5, 5.41) is 3.31. The van der Waals surface area contributed by atoms with E-state index in [0.717, 1.165) is 37.9 Å². The van der Waals surface area contributed by atoms with Crippen LogP contribution in [0.15, 0.2) is 24.3 Å². The molecule has 0 aliphatic heterocycles. The number of hydrogen-bond donors (Lipinski definition) is 1. The molecule has 0 unspecified atom stereocenters. The topological polar surface area (TPSA) is 73.9 Å². The average Bonchev–Trinajstić information content (AvgIpc) is 2.83. The molecule has 0 bridgehead atoms. The minimum absolute atomic E-state index is 0.166. The number of ether oxygens (including phenoxy) is 3. The summed E-state index contributed by atoms with van der Waals surface area (Å²) in [5.41, 5.74) is 1.51. The van der Waals surface area contributed by atoms with E-state index in [2.05, 4.69) is 19.2 Å². The number of carbonyl (C=O) groups excluding carboxylic acids is 2. The number of unbranched alkanes of at least 4 members (excludes halogenated alkanes) is 9. The number of nitrogens with one attached hydrogen (secondary N) is 1. The van der Waals surface area contributed by atoms with Crippen LogP contribution in [0.3, 0.4) is 0 Å². The molecule has 1 aromatic rings. The lowest BCUT2D eigenvalue weighted by molar-refractivity contribution is -0.145. The summed E-state index contributed by atoms with van der Waals surface area (Å²) in [4.78, 5) is 23.8. The third-order valence-corrected chi connectivity index (χ3v) is 5.42. The van der Waals surface area contributed by atoms with Gasteiger partial charge in [0.25, 0.3) is 0 Å². The Morgan fingerprint density at radius 3 is 1.91 bits per heavy atom. The van der Waals surface area contributed by atoms with Crippen molar-refractivity contribution in [1.82, 2.24) is 0 Å². The Bertz CT molecular complexity index is 617. The van der Waals surface area contributed by atoms with Gasteiger partial charge in [-0.15, -0.1) is 0 Å². The van der Waals surface area contributed by atoms with E-state index < -0.39 is 0 Å². The van der Waals surface area contributed by atoms with Gasteiger partial charge in [-0.2, -0.15) is 0 Å². The fraction of sp³-hybridized carbons (Fsp3) is 0.704. The second-order valence-electron chi connectivity index (χ2n) is 8.40. The monoisotopic (exact) mass is 463 g/mol. The molecule has 0 atom stereocenters. The first kappa shape index (κ1) is 29.0. The third-order valence-electron chi connectivity index (χ3n) is 5.42. The predicted molar refractivity (Wildman–Crippen MR) is 134 cm³/mol. The molecule has 1 aromatic carbocycles. The van der Waals surface area contributed by atoms with Gasteiger partial charge in [0.1, 0.15) is 13.2 Å². The second kappa shape index (κ2) is 20.5. The van der Waals surface area contributed by atoms with Gasteiger partial charge in [0.2, 0.25) is 0 Å². The van der Waals surface area contributed by atoms with Crippen LogP contribution in [0.25, 0.3) is 0 Å². The van der Waals surface area contributed by atoms with Crippen LogP contribution < -0.4 is 5.32 Å². The highest BCUT2D eigenvalue weighted by atomic mass is 16.6. The summed E-state index contributed by atoms with van der Waals surface area (Å²) >= 11 is 0. The van der Waals surface area contributed by atoms with Crippen molar-refractivity contribution in [2.75, 3.05) is 38.3 Å². The summed E-state index contributed by atoms with van der Waals surface area (Å²) in [6.07, 6.45) is 13.8. The summed E-state index contributed by atoms with van der Waals surface area (Å²) < 4.78 is 15.8. The van der Waals surface area contributed by atoms with Crippen molar-refractivity contribution in [2.24, 2.45) is 0 Å². The average molecular weight is 464 g/mol. The normalized spacial score (nSPS) is 10.7. The summed E-state index contributed by atoms with van der Waals surface area (Å²) in [6, 6.07) is 7.27. The van der Waals surface area contributed by atoms with Crippen LogP contribution in [0.2, 0.25) is 0 Å². The van der Waals surface area contributed by atoms with E-state index in [1.807, 2.05) is 12.1 Å². The lowest BCUT2D eigenvalue weighted by Crippen LogP contribution is -2.14. The largest absolute Gasteiger partial charge is 0.463 e. The lowest BCUT2D eigenvalue weighted by atomic mass is 10.1. The Morgan fingerprint density at radius 2 is 1.27 bits per heavy atom. The van der Waals surface area contributed by atoms with E-state index in [9.17, 15) is 9.59 Å². The van der Waals surface area contributed by atoms with Crippen molar-refractivity contribution in [3.05, 3.63) is 29.8 Å². The first-order valence-electron chi connectivity index (χ1n) is 12.9. The molecule has 0 aromatic heterocycles. The van der Waals surface area contributed by atoms with E-state index >= 15 is 0 Å². The zero-order valence-corrected chi connectivity index (χ0v) is 20.9. The van der Waals surface area contributed by atoms with Crippen molar-refractivity contribution >= 4 is 17.6 Å². The van der Waals surface area contributed by atoms with Gasteiger partial charge in [-0.3, -0.25) is 4.79 Å². The van der Waals surface area contributed by atoms with Gasteiger partial charge in [0.05, 0.1) is 18.8 Å². The van der Waals surface area contributed by atoms with E-state index in [-0.39, 0.29) is 31.8 Å². The van der Waals surface area contributed by atoms with Crippen LogP contribution in [0.5, 0.6) is 0 Å². The molecule has 0 aliphatic carbocycles. The molecule has 0 radical (unpaired) electrons. The number of carbonyl (C=O) groups is 2. The standard InChI is InChI=1S/C27H45NO5/c1-3-5-7-8-9-10-11-12-13-14-26(29)32-22-20-31-21-23-33-27(30)24-15-17-25(18-16-24)28-19-6-4-2/h15-18,28H,3-14,19-23H2,1-2H3. The van der Waals surface area contributed by atoms with Gasteiger partial charge < -0.3 is 19.5 Å². The number of anilines is 1. The van der Waals surface area contributed by atoms with E-state index in [1.54, 1.807) is 12.1 Å². The highest BCUT2D eigenvalue weighted by Crippen LogP contribution is 2.12. The molecule has 0 heterocycles. The molecule has 0 fully saturated rings. The van der Waals surface area contributed by atoms with Crippen molar-refractivity contribution in [3.8, 4) is 0 Å². The Kier molecular flexibility index (Phi) is 18.0. The van der Waals surface area contributed by atoms with Crippen molar-refractivity contribution in [1.29, 1.82) is 0 Å². The molecule has 1 rings (SSSR count). The highest BCUT2D eigenvalue weighted by Gasteiger charge is 2.07. The minimum Gasteiger partial charge on any atom is -0.463 e. The van der Waals surface area contributed by atoms with Gasteiger partial charge in [-0.1, -0.05) is 71.6 Å². The molecule has 188 valence electrons. The highest BCUT2D eigenvalue weighted by molar-refractivity contribution is 5.89. The first-order chi connectivity index (χ1) is 16.2. The Labute approximate surface area is 200 Å². The smallest absolute Gasteiger partial charge is 0.338 e. The van der Waals surface area contributed by atoms with Gasteiger partial charge in [-0.25, -0.2) is 4.79 Å². The number of rotatable bonds is 21. The number of benzene rings is 1. The molecule has 1 N–H and O–H groups in total. The number of esters is 2. The SMILES string of the molecule is CCCCCCCCCCCC(=O)OCCOCCOC(=O)c1ccc(NCCCC)cc1. The fourth-order valence-corrected chi connectivity index (χ4v) is 3.38. The molecule has 0 spiro atoms.